The zero-order chi connectivity index (χ0) is 14.5. The van der Waals surface area contributed by atoms with Crippen LogP contribution < -0.4 is 5.32 Å². The van der Waals surface area contributed by atoms with Gasteiger partial charge in [-0.3, -0.25) is 9.69 Å². The van der Waals surface area contributed by atoms with Gasteiger partial charge in [0.05, 0.1) is 0 Å². The fourth-order valence-electron chi connectivity index (χ4n) is 2.61. The van der Waals surface area contributed by atoms with Crippen LogP contribution in [0.3, 0.4) is 0 Å². The van der Waals surface area contributed by atoms with E-state index in [1.54, 1.807) is 0 Å². The highest BCUT2D eigenvalue weighted by molar-refractivity contribution is 5.94. The predicted octanol–water partition coefficient (Wildman–Crippen LogP) is 2.14. The molecule has 110 valence electrons. The van der Waals surface area contributed by atoms with Crippen molar-refractivity contribution >= 4 is 11.6 Å². The van der Waals surface area contributed by atoms with Crippen LogP contribution in [0.2, 0.25) is 0 Å². The molecule has 1 N–H and O–H groups in total. The van der Waals surface area contributed by atoms with E-state index in [-0.39, 0.29) is 5.91 Å². The molecule has 0 radical (unpaired) electrons. The molecular weight excluding hydrogens is 250 g/mol. The average Bonchev–Trinajstić information content (AvgIpc) is 2.47. The first-order chi connectivity index (χ1) is 9.60. The van der Waals surface area contributed by atoms with Crippen molar-refractivity contribution in [1.29, 1.82) is 0 Å². The Balaban J connectivity index is 1.90. The molecule has 1 aliphatic heterocycles. The van der Waals surface area contributed by atoms with Gasteiger partial charge in [0.1, 0.15) is 0 Å². The number of amides is 1. The van der Waals surface area contributed by atoms with Crippen LogP contribution in [0.15, 0.2) is 24.3 Å². The van der Waals surface area contributed by atoms with Gasteiger partial charge in [0, 0.05) is 51.0 Å². The number of carbonyl (C=O) groups excluding carboxylic acids is 1. The topological polar surface area (TPSA) is 35.6 Å². The molecule has 0 bridgehead atoms. The molecule has 0 spiro atoms. The predicted molar refractivity (Wildman–Crippen MR) is 83.2 cm³/mol. The molecule has 20 heavy (non-hydrogen) atoms. The van der Waals surface area contributed by atoms with Crippen molar-refractivity contribution in [3.63, 3.8) is 0 Å². The van der Waals surface area contributed by atoms with Crippen LogP contribution in [0, 0.1) is 5.92 Å². The summed E-state index contributed by atoms with van der Waals surface area (Å²) in [6.07, 6.45) is 0. The van der Waals surface area contributed by atoms with Crippen molar-refractivity contribution in [2.24, 2.45) is 5.92 Å². The molecule has 0 saturated carbocycles. The number of nitrogens with zero attached hydrogens (tertiary/aromatic N) is 2. The van der Waals surface area contributed by atoms with E-state index in [1.807, 2.05) is 36.2 Å². The normalized spacial score (nSPS) is 16.5. The molecule has 1 aromatic rings. The maximum atomic E-state index is 12.4. The van der Waals surface area contributed by atoms with E-state index in [9.17, 15) is 4.79 Å². The van der Waals surface area contributed by atoms with E-state index in [0.717, 1.165) is 44.0 Å². The molecule has 2 rings (SSSR count). The van der Waals surface area contributed by atoms with Crippen LogP contribution in [0.4, 0.5) is 5.69 Å². The first kappa shape index (κ1) is 14.9. The Labute approximate surface area is 121 Å². The molecule has 1 fully saturated rings. The molecule has 1 amide bonds. The summed E-state index contributed by atoms with van der Waals surface area (Å²) in [5.41, 5.74) is 1.81. The minimum Gasteiger partial charge on any atom is -0.388 e. The minimum atomic E-state index is 0.150. The second kappa shape index (κ2) is 6.75. The van der Waals surface area contributed by atoms with Gasteiger partial charge in [0.2, 0.25) is 0 Å². The summed E-state index contributed by atoms with van der Waals surface area (Å²) in [6.45, 7) is 9.23. The molecule has 0 unspecified atom stereocenters. The first-order valence-corrected chi connectivity index (χ1v) is 7.39. The SMILES string of the molecule is CNc1ccc(C(=O)N2CCN(CC(C)C)CC2)cc1. The summed E-state index contributed by atoms with van der Waals surface area (Å²) >= 11 is 0. The van der Waals surface area contributed by atoms with Gasteiger partial charge in [0.25, 0.3) is 5.91 Å². The molecule has 1 heterocycles. The Morgan fingerprint density at radius 3 is 2.25 bits per heavy atom. The van der Waals surface area contributed by atoms with E-state index in [4.69, 9.17) is 0 Å². The van der Waals surface area contributed by atoms with E-state index in [0.29, 0.717) is 5.92 Å². The lowest BCUT2D eigenvalue weighted by atomic mass is 10.1. The summed E-state index contributed by atoms with van der Waals surface area (Å²) < 4.78 is 0. The van der Waals surface area contributed by atoms with Crippen LogP contribution in [-0.2, 0) is 0 Å². The van der Waals surface area contributed by atoms with E-state index < -0.39 is 0 Å². The lowest BCUT2D eigenvalue weighted by Gasteiger charge is -2.35. The van der Waals surface area contributed by atoms with Gasteiger partial charge in [-0.05, 0) is 30.2 Å². The number of benzene rings is 1. The molecule has 0 aliphatic carbocycles. The van der Waals surface area contributed by atoms with E-state index in [1.165, 1.54) is 0 Å². The summed E-state index contributed by atoms with van der Waals surface area (Å²) in [5, 5.41) is 3.07. The largest absolute Gasteiger partial charge is 0.388 e. The van der Waals surface area contributed by atoms with Crippen molar-refractivity contribution < 1.29 is 4.79 Å². The van der Waals surface area contributed by atoms with Crippen molar-refractivity contribution in [2.75, 3.05) is 45.1 Å². The zero-order valence-electron chi connectivity index (χ0n) is 12.7. The average molecular weight is 275 g/mol. The van der Waals surface area contributed by atoms with Gasteiger partial charge >= 0.3 is 0 Å². The number of carbonyl (C=O) groups is 1. The summed E-state index contributed by atoms with van der Waals surface area (Å²) in [7, 11) is 1.88. The van der Waals surface area contributed by atoms with Crippen molar-refractivity contribution in [3.05, 3.63) is 29.8 Å². The minimum absolute atomic E-state index is 0.150. The second-order valence-electron chi connectivity index (χ2n) is 5.81. The zero-order valence-corrected chi connectivity index (χ0v) is 12.7. The highest BCUT2D eigenvalue weighted by Crippen LogP contribution is 2.13. The highest BCUT2D eigenvalue weighted by Gasteiger charge is 2.22. The molecule has 1 aliphatic rings. The molecular formula is C16H25N3O. The standard InChI is InChI=1S/C16H25N3O/c1-13(2)12-18-8-10-19(11-9-18)16(20)14-4-6-15(17-3)7-5-14/h4-7,13,17H,8-12H2,1-3H3. The lowest BCUT2D eigenvalue weighted by molar-refractivity contribution is 0.0624. The van der Waals surface area contributed by atoms with Crippen LogP contribution in [0.5, 0.6) is 0 Å². The fourth-order valence-corrected chi connectivity index (χ4v) is 2.61. The number of rotatable bonds is 4. The van der Waals surface area contributed by atoms with Gasteiger partial charge in [-0.1, -0.05) is 13.8 Å². The number of piperazine rings is 1. The van der Waals surface area contributed by atoms with Crippen molar-refractivity contribution in [2.45, 2.75) is 13.8 Å². The van der Waals surface area contributed by atoms with Crippen LogP contribution in [-0.4, -0.2) is 55.5 Å². The molecule has 1 aromatic carbocycles. The molecule has 1 saturated heterocycles. The number of nitrogens with one attached hydrogen (secondary N) is 1. The Bertz CT molecular complexity index is 434. The van der Waals surface area contributed by atoms with E-state index >= 15 is 0 Å². The van der Waals surface area contributed by atoms with Gasteiger partial charge in [-0.2, -0.15) is 0 Å². The summed E-state index contributed by atoms with van der Waals surface area (Å²) in [5.74, 6) is 0.836. The second-order valence-corrected chi connectivity index (χ2v) is 5.81. The summed E-state index contributed by atoms with van der Waals surface area (Å²) in [4.78, 5) is 16.8. The molecule has 0 aromatic heterocycles. The third-order valence-corrected chi connectivity index (χ3v) is 3.70. The lowest BCUT2D eigenvalue weighted by Crippen LogP contribution is -2.49. The monoisotopic (exact) mass is 275 g/mol. The number of hydrogen-bond acceptors (Lipinski definition) is 3. The Morgan fingerprint density at radius 2 is 1.75 bits per heavy atom. The van der Waals surface area contributed by atoms with E-state index in [2.05, 4.69) is 24.1 Å². The third-order valence-electron chi connectivity index (χ3n) is 3.70. The Morgan fingerprint density at radius 1 is 1.15 bits per heavy atom. The molecule has 4 heteroatoms. The van der Waals surface area contributed by atoms with Crippen LogP contribution >= 0.6 is 0 Å². The number of anilines is 1. The van der Waals surface area contributed by atoms with Crippen LogP contribution in [0.25, 0.3) is 0 Å². The highest BCUT2D eigenvalue weighted by atomic mass is 16.2. The third kappa shape index (κ3) is 3.73. The Hall–Kier alpha value is -1.55. The van der Waals surface area contributed by atoms with Gasteiger partial charge in [-0.15, -0.1) is 0 Å². The number of hydrogen-bond donors (Lipinski definition) is 1. The van der Waals surface area contributed by atoms with Gasteiger partial charge in [0.15, 0.2) is 0 Å². The maximum Gasteiger partial charge on any atom is 0.253 e. The van der Waals surface area contributed by atoms with Crippen molar-refractivity contribution in [3.8, 4) is 0 Å². The molecule has 0 atom stereocenters. The first-order valence-electron chi connectivity index (χ1n) is 7.39. The van der Waals surface area contributed by atoms with Gasteiger partial charge in [-0.25, -0.2) is 0 Å². The van der Waals surface area contributed by atoms with Crippen molar-refractivity contribution in [1.82, 2.24) is 9.80 Å². The smallest absolute Gasteiger partial charge is 0.253 e. The quantitative estimate of drug-likeness (QED) is 0.914. The van der Waals surface area contributed by atoms with Crippen LogP contribution in [0.1, 0.15) is 24.2 Å². The fraction of sp³-hybridized carbons (Fsp3) is 0.562. The van der Waals surface area contributed by atoms with Gasteiger partial charge < -0.3 is 10.2 Å². The summed E-state index contributed by atoms with van der Waals surface area (Å²) in [6, 6.07) is 7.69. The maximum absolute atomic E-state index is 12.4. The molecule has 4 nitrogen and oxygen atoms in total. The Kier molecular flexibility index (Phi) is 5.01.